The number of allylic oxidation sites excluding steroid dienone is 2. The Labute approximate surface area is 38.9 Å². The van der Waals surface area contributed by atoms with E-state index in [0.717, 1.165) is 0 Å². The summed E-state index contributed by atoms with van der Waals surface area (Å²) in [7, 11) is 0. The van der Waals surface area contributed by atoms with Crippen LogP contribution in [0, 0.1) is 6.42 Å². The maximum Gasteiger partial charge on any atom is -0.0135 e. The van der Waals surface area contributed by atoms with Crippen molar-refractivity contribution < 1.29 is 0 Å². The molecule has 1 saturated carbocycles. The van der Waals surface area contributed by atoms with Crippen LogP contribution in [0.2, 0.25) is 0 Å². The Morgan fingerprint density at radius 3 is 2.50 bits per heavy atom. The lowest BCUT2D eigenvalue weighted by Gasteiger charge is -2.13. The van der Waals surface area contributed by atoms with E-state index >= 15 is 0 Å². The summed E-state index contributed by atoms with van der Waals surface area (Å²) in [6.07, 6.45) is 7.06. The van der Waals surface area contributed by atoms with Gasteiger partial charge in [-0.05, 0) is 26.2 Å². The molecule has 1 aliphatic carbocycles. The Morgan fingerprint density at radius 2 is 2.50 bits per heavy atom. The molecular formula is C6H9. The smallest absolute Gasteiger partial charge is 0.0135 e. The van der Waals surface area contributed by atoms with Crippen LogP contribution < -0.4 is 0 Å². The van der Waals surface area contributed by atoms with E-state index in [9.17, 15) is 0 Å². The van der Waals surface area contributed by atoms with Crippen LogP contribution >= 0.6 is 0 Å². The van der Waals surface area contributed by atoms with Crippen LogP contribution in [0.15, 0.2) is 11.6 Å². The average molecular weight is 81.1 g/mol. The molecule has 0 heteroatoms. The van der Waals surface area contributed by atoms with Crippen LogP contribution in [-0.2, 0) is 0 Å². The van der Waals surface area contributed by atoms with E-state index in [1.807, 2.05) is 0 Å². The molecule has 0 N–H and O–H groups in total. The molecule has 0 saturated heterocycles. The standard InChI is InChI=1S/C6H9/c1-2-6-4-3-5-6/h2,4H,3,5H2,1H3/b6-2+. The second-order valence-electron chi connectivity index (χ2n) is 1.61. The summed E-state index contributed by atoms with van der Waals surface area (Å²) < 4.78 is 0. The summed E-state index contributed by atoms with van der Waals surface area (Å²) in [4.78, 5) is 0. The fourth-order valence-electron chi connectivity index (χ4n) is 0.573. The van der Waals surface area contributed by atoms with Crippen LogP contribution in [0.5, 0.6) is 0 Å². The molecule has 0 atom stereocenters. The highest BCUT2D eigenvalue weighted by Crippen LogP contribution is 2.22. The van der Waals surface area contributed by atoms with Crippen molar-refractivity contribution in [2.45, 2.75) is 19.8 Å². The zero-order valence-electron chi connectivity index (χ0n) is 4.07. The lowest BCUT2D eigenvalue weighted by Crippen LogP contribution is -1.95. The van der Waals surface area contributed by atoms with Crippen LogP contribution in [-0.4, -0.2) is 0 Å². The van der Waals surface area contributed by atoms with Gasteiger partial charge in [-0.25, -0.2) is 0 Å². The Hall–Kier alpha value is -0.260. The quantitative estimate of drug-likeness (QED) is 0.418. The molecule has 1 aliphatic rings. The lowest BCUT2D eigenvalue weighted by molar-refractivity contribution is 0.813. The van der Waals surface area contributed by atoms with Crippen molar-refractivity contribution in [2.75, 3.05) is 0 Å². The molecule has 1 radical (unpaired) electrons. The monoisotopic (exact) mass is 81.1 g/mol. The average Bonchev–Trinajstić information content (AvgIpc) is 1.31. The minimum Gasteiger partial charge on any atom is -0.0882 e. The van der Waals surface area contributed by atoms with Gasteiger partial charge >= 0.3 is 0 Å². The van der Waals surface area contributed by atoms with E-state index in [0.29, 0.717) is 0 Å². The molecule has 0 spiro atoms. The van der Waals surface area contributed by atoms with Gasteiger partial charge in [0, 0.05) is 0 Å². The summed E-state index contributed by atoms with van der Waals surface area (Å²) in [5.74, 6) is 0. The minimum absolute atomic E-state index is 1.31. The zero-order chi connectivity index (χ0) is 4.41. The summed E-state index contributed by atoms with van der Waals surface area (Å²) in [6.45, 7) is 2.09. The molecule has 0 heterocycles. The normalized spacial score (nSPS) is 27.2. The maximum absolute atomic E-state index is 2.26. The van der Waals surface area contributed by atoms with Gasteiger partial charge in [0.05, 0.1) is 0 Å². The molecule has 0 aromatic carbocycles. The van der Waals surface area contributed by atoms with Gasteiger partial charge in [0.15, 0.2) is 0 Å². The summed E-state index contributed by atoms with van der Waals surface area (Å²) in [5.41, 5.74) is 1.52. The second kappa shape index (κ2) is 1.46. The Bertz CT molecular complexity index is 64.1. The number of hydrogen-bond donors (Lipinski definition) is 0. The van der Waals surface area contributed by atoms with Crippen LogP contribution in [0.25, 0.3) is 0 Å². The topological polar surface area (TPSA) is 0 Å². The molecule has 0 bridgehead atoms. The van der Waals surface area contributed by atoms with Gasteiger partial charge in [-0.15, -0.1) is 0 Å². The van der Waals surface area contributed by atoms with Crippen molar-refractivity contribution >= 4 is 0 Å². The largest absolute Gasteiger partial charge is 0.0882 e. The maximum atomic E-state index is 2.26. The van der Waals surface area contributed by atoms with E-state index in [-0.39, 0.29) is 0 Å². The molecule has 1 rings (SSSR count). The number of hydrogen-bond acceptors (Lipinski definition) is 0. The van der Waals surface area contributed by atoms with Crippen molar-refractivity contribution in [1.29, 1.82) is 0 Å². The highest BCUT2D eigenvalue weighted by atomic mass is 14.1. The third-order valence-corrected chi connectivity index (χ3v) is 1.21. The van der Waals surface area contributed by atoms with Crippen LogP contribution in [0.4, 0.5) is 0 Å². The Kier molecular flexibility index (Phi) is 0.952. The highest BCUT2D eigenvalue weighted by Gasteiger charge is 2.04. The molecule has 0 aliphatic heterocycles. The molecule has 33 valence electrons. The van der Waals surface area contributed by atoms with Gasteiger partial charge in [-0.2, -0.15) is 0 Å². The van der Waals surface area contributed by atoms with Gasteiger partial charge < -0.3 is 0 Å². The van der Waals surface area contributed by atoms with E-state index < -0.39 is 0 Å². The fraction of sp³-hybridized carbons (Fsp3) is 0.500. The van der Waals surface area contributed by atoms with Gasteiger partial charge in [-0.3, -0.25) is 0 Å². The zero-order valence-corrected chi connectivity index (χ0v) is 4.07. The van der Waals surface area contributed by atoms with Gasteiger partial charge in [-0.1, -0.05) is 11.6 Å². The van der Waals surface area contributed by atoms with Crippen LogP contribution in [0.3, 0.4) is 0 Å². The van der Waals surface area contributed by atoms with E-state index in [4.69, 9.17) is 0 Å². The molecular weight excluding hydrogens is 72.1 g/mol. The molecule has 0 unspecified atom stereocenters. The minimum atomic E-state index is 1.31. The van der Waals surface area contributed by atoms with Crippen molar-refractivity contribution in [1.82, 2.24) is 0 Å². The third kappa shape index (κ3) is 0.469. The highest BCUT2D eigenvalue weighted by molar-refractivity contribution is 5.20. The van der Waals surface area contributed by atoms with Gasteiger partial charge in [0.1, 0.15) is 0 Å². The van der Waals surface area contributed by atoms with E-state index in [2.05, 4.69) is 19.4 Å². The fourth-order valence-corrected chi connectivity index (χ4v) is 0.573. The van der Waals surface area contributed by atoms with Crippen molar-refractivity contribution in [2.24, 2.45) is 0 Å². The molecule has 0 aromatic heterocycles. The van der Waals surface area contributed by atoms with Crippen molar-refractivity contribution in [3.05, 3.63) is 18.1 Å². The lowest BCUT2D eigenvalue weighted by atomic mass is 9.93. The SMILES string of the molecule is C/C=C1\[CH]CC1. The van der Waals surface area contributed by atoms with Crippen molar-refractivity contribution in [3.63, 3.8) is 0 Å². The first kappa shape index (κ1) is 3.91. The molecule has 0 nitrogen and oxygen atoms in total. The first-order valence-electron chi connectivity index (χ1n) is 2.42. The van der Waals surface area contributed by atoms with E-state index in [1.54, 1.807) is 0 Å². The van der Waals surface area contributed by atoms with Crippen LogP contribution in [0.1, 0.15) is 19.8 Å². The van der Waals surface area contributed by atoms with E-state index in [1.165, 1.54) is 18.4 Å². The predicted molar refractivity (Wildman–Crippen MR) is 27.3 cm³/mol. The van der Waals surface area contributed by atoms with Crippen molar-refractivity contribution in [3.8, 4) is 0 Å². The first-order valence-corrected chi connectivity index (χ1v) is 2.42. The molecule has 1 fully saturated rings. The summed E-state index contributed by atoms with van der Waals surface area (Å²) in [5, 5.41) is 0. The second-order valence-corrected chi connectivity index (χ2v) is 1.61. The number of rotatable bonds is 0. The molecule has 0 amide bonds. The Morgan fingerprint density at radius 1 is 1.83 bits per heavy atom. The van der Waals surface area contributed by atoms with Gasteiger partial charge in [0.2, 0.25) is 0 Å². The molecule has 6 heavy (non-hydrogen) atoms. The first-order chi connectivity index (χ1) is 2.93. The summed E-state index contributed by atoms with van der Waals surface area (Å²) in [6, 6.07) is 0. The third-order valence-electron chi connectivity index (χ3n) is 1.21. The molecule has 0 aromatic rings. The summed E-state index contributed by atoms with van der Waals surface area (Å²) >= 11 is 0. The predicted octanol–water partition coefficient (Wildman–Crippen LogP) is 1.93. The van der Waals surface area contributed by atoms with Gasteiger partial charge in [0.25, 0.3) is 0 Å². The Balaban J connectivity index is 2.34.